The Balaban J connectivity index is 1.99. The molecule has 0 fully saturated rings. The van der Waals surface area contributed by atoms with Crippen molar-refractivity contribution in [3.8, 4) is 0 Å². The largest absolute Gasteiger partial charge is 0.378 e. The Bertz CT molecular complexity index is 941. The molecule has 0 aliphatic carbocycles. The van der Waals surface area contributed by atoms with Crippen molar-refractivity contribution in [3.05, 3.63) is 63.7 Å². The number of carbonyl (C=O) groups is 1. The Kier molecular flexibility index (Phi) is 5.93. The number of nitrogens with one attached hydrogen (secondary N) is 2. The van der Waals surface area contributed by atoms with Crippen LogP contribution in [0.25, 0.3) is 0 Å². The van der Waals surface area contributed by atoms with Gasteiger partial charge < -0.3 is 10.6 Å². The lowest BCUT2D eigenvalue weighted by molar-refractivity contribution is -0.384. The zero-order valence-electron chi connectivity index (χ0n) is 14.4. The Labute approximate surface area is 151 Å². The lowest BCUT2D eigenvalue weighted by atomic mass is 10.1. The van der Waals surface area contributed by atoms with E-state index in [1.165, 1.54) is 12.1 Å². The molecule has 0 aliphatic rings. The summed E-state index contributed by atoms with van der Waals surface area (Å²) in [7, 11) is -3.54. The van der Waals surface area contributed by atoms with Crippen molar-refractivity contribution in [2.45, 2.75) is 11.8 Å². The molecule has 26 heavy (non-hydrogen) atoms. The minimum absolute atomic E-state index is 0.123. The van der Waals surface area contributed by atoms with E-state index in [-0.39, 0.29) is 35.3 Å². The van der Waals surface area contributed by atoms with Gasteiger partial charge in [0.15, 0.2) is 9.84 Å². The number of nitro benzene ring substituents is 1. The molecule has 2 aromatic rings. The minimum atomic E-state index is -3.54. The normalized spacial score (nSPS) is 11.0. The van der Waals surface area contributed by atoms with Crippen molar-refractivity contribution >= 4 is 27.1 Å². The number of rotatable bonds is 7. The number of nitro groups is 1. The van der Waals surface area contributed by atoms with Gasteiger partial charge in [0.2, 0.25) is 0 Å². The van der Waals surface area contributed by atoms with Gasteiger partial charge in [-0.3, -0.25) is 14.9 Å². The lowest BCUT2D eigenvalue weighted by Crippen LogP contribution is -2.28. The first-order valence-corrected chi connectivity index (χ1v) is 9.65. The van der Waals surface area contributed by atoms with E-state index in [9.17, 15) is 23.3 Å². The Hall–Kier alpha value is -2.94. The van der Waals surface area contributed by atoms with E-state index in [1.807, 2.05) is 13.0 Å². The molecule has 0 radical (unpaired) electrons. The van der Waals surface area contributed by atoms with Crippen LogP contribution in [0.3, 0.4) is 0 Å². The van der Waals surface area contributed by atoms with E-state index >= 15 is 0 Å². The first-order chi connectivity index (χ1) is 12.2. The number of hydrogen-bond donors (Lipinski definition) is 2. The van der Waals surface area contributed by atoms with Crippen LogP contribution in [-0.2, 0) is 9.84 Å². The maximum Gasteiger partial charge on any atom is 0.293 e. The van der Waals surface area contributed by atoms with E-state index in [2.05, 4.69) is 10.6 Å². The fourth-order valence-electron chi connectivity index (χ4n) is 2.30. The number of amides is 1. The molecule has 0 unspecified atom stereocenters. The average molecular weight is 377 g/mol. The molecule has 0 saturated carbocycles. The predicted octanol–water partition coefficient (Wildman–Crippen LogP) is 2.15. The maximum absolute atomic E-state index is 12.0. The third-order valence-electron chi connectivity index (χ3n) is 3.60. The van der Waals surface area contributed by atoms with Crippen molar-refractivity contribution in [1.82, 2.24) is 5.32 Å². The highest BCUT2D eigenvalue weighted by atomic mass is 32.2. The lowest BCUT2D eigenvalue weighted by Gasteiger charge is -2.09. The van der Waals surface area contributed by atoms with Crippen molar-refractivity contribution in [3.63, 3.8) is 0 Å². The highest BCUT2D eigenvalue weighted by Crippen LogP contribution is 2.27. The number of aryl methyl sites for hydroxylation is 1. The van der Waals surface area contributed by atoms with Gasteiger partial charge >= 0.3 is 0 Å². The van der Waals surface area contributed by atoms with Crippen LogP contribution in [0.4, 0.5) is 11.4 Å². The van der Waals surface area contributed by atoms with Crippen LogP contribution in [-0.4, -0.2) is 38.6 Å². The number of hydrogen-bond acceptors (Lipinski definition) is 6. The van der Waals surface area contributed by atoms with Gasteiger partial charge in [-0.05, 0) is 31.2 Å². The first kappa shape index (κ1) is 19.4. The number of sulfone groups is 1. The quantitative estimate of drug-likeness (QED) is 0.434. The van der Waals surface area contributed by atoms with Crippen LogP contribution < -0.4 is 10.6 Å². The van der Waals surface area contributed by atoms with Gasteiger partial charge in [0.1, 0.15) is 5.69 Å². The average Bonchev–Trinajstić information content (AvgIpc) is 2.57. The summed E-state index contributed by atoms with van der Waals surface area (Å²) in [4.78, 5) is 22.4. The standard InChI is InChI=1S/C17H19N3O5S/c1-12-4-3-5-13(10-12)17(21)19-9-8-18-15-7-6-14(26(2,24)25)11-16(15)20(22)23/h3-7,10-11,18H,8-9H2,1-2H3,(H,19,21). The van der Waals surface area contributed by atoms with Gasteiger partial charge in [-0.2, -0.15) is 0 Å². The number of carbonyl (C=O) groups excluding carboxylic acids is 1. The molecule has 2 N–H and O–H groups in total. The molecule has 0 atom stereocenters. The van der Waals surface area contributed by atoms with E-state index < -0.39 is 14.8 Å². The monoisotopic (exact) mass is 377 g/mol. The smallest absolute Gasteiger partial charge is 0.293 e. The van der Waals surface area contributed by atoms with Gasteiger partial charge in [-0.1, -0.05) is 17.7 Å². The molecule has 0 heterocycles. The third kappa shape index (κ3) is 5.03. The van der Waals surface area contributed by atoms with Crippen LogP contribution in [0.15, 0.2) is 47.4 Å². The summed E-state index contributed by atoms with van der Waals surface area (Å²) in [5, 5.41) is 16.7. The Morgan fingerprint density at radius 3 is 2.50 bits per heavy atom. The minimum Gasteiger partial charge on any atom is -0.378 e. The second kappa shape index (κ2) is 7.96. The zero-order valence-corrected chi connectivity index (χ0v) is 15.2. The van der Waals surface area contributed by atoms with Crippen LogP contribution in [0.5, 0.6) is 0 Å². The second-order valence-corrected chi connectivity index (χ2v) is 7.78. The zero-order chi connectivity index (χ0) is 19.3. The molecule has 0 saturated heterocycles. The molecular weight excluding hydrogens is 358 g/mol. The number of anilines is 1. The number of nitrogens with zero attached hydrogens (tertiary/aromatic N) is 1. The molecule has 138 valence electrons. The highest BCUT2D eigenvalue weighted by Gasteiger charge is 2.18. The van der Waals surface area contributed by atoms with E-state index in [4.69, 9.17) is 0 Å². The summed E-state index contributed by atoms with van der Waals surface area (Å²) in [6.07, 6.45) is 0.986. The molecule has 2 aromatic carbocycles. The van der Waals surface area contributed by atoms with Crippen LogP contribution in [0.1, 0.15) is 15.9 Å². The summed E-state index contributed by atoms with van der Waals surface area (Å²) < 4.78 is 23.0. The SMILES string of the molecule is Cc1cccc(C(=O)NCCNc2ccc(S(C)(=O)=O)cc2[N+](=O)[O-])c1. The molecule has 0 aromatic heterocycles. The van der Waals surface area contributed by atoms with E-state index in [1.54, 1.807) is 18.2 Å². The molecule has 8 nitrogen and oxygen atoms in total. The highest BCUT2D eigenvalue weighted by molar-refractivity contribution is 7.90. The molecule has 0 spiro atoms. The second-order valence-electron chi connectivity index (χ2n) is 5.76. The van der Waals surface area contributed by atoms with E-state index in [0.717, 1.165) is 17.9 Å². The maximum atomic E-state index is 12.0. The molecule has 0 bridgehead atoms. The fraction of sp³-hybridized carbons (Fsp3) is 0.235. The first-order valence-electron chi connectivity index (χ1n) is 7.76. The molecular formula is C17H19N3O5S. The van der Waals surface area contributed by atoms with Gasteiger partial charge in [0.05, 0.1) is 9.82 Å². The van der Waals surface area contributed by atoms with Crippen LogP contribution >= 0.6 is 0 Å². The Morgan fingerprint density at radius 2 is 1.88 bits per heavy atom. The number of benzene rings is 2. The van der Waals surface area contributed by atoms with Gasteiger partial charge in [-0.25, -0.2) is 8.42 Å². The van der Waals surface area contributed by atoms with Gasteiger partial charge in [0.25, 0.3) is 11.6 Å². The van der Waals surface area contributed by atoms with Crippen LogP contribution in [0.2, 0.25) is 0 Å². The Morgan fingerprint density at radius 1 is 1.15 bits per heavy atom. The van der Waals surface area contributed by atoms with Crippen LogP contribution in [0, 0.1) is 17.0 Å². The molecule has 2 rings (SSSR count). The van der Waals surface area contributed by atoms with Gasteiger partial charge in [-0.15, -0.1) is 0 Å². The summed E-state index contributed by atoms with van der Waals surface area (Å²) >= 11 is 0. The van der Waals surface area contributed by atoms with Gasteiger partial charge in [0, 0.05) is 31.0 Å². The van der Waals surface area contributed by atoms with Crippen molar-refractivity contribution in [2.75, 3.05) is 24.7 Å². The molecule has 9 heteroatoms. The van der Waals surface area contributed by atoms with E-state index in [0.29, 0.717) is 5.56 Å². The summed E-state index contributed by atoms with van der Waals surface area (Å²) in [6, 6.07) is 10.8. The fourth-order valence-corrected chi connectivity index (χ4v) is 2.95. The molecule has 0 aliphatic heterocycles. The van der Waals surface area contributed by atoms with Crippen molar-refractivity contribution < 1.29 is 18.1 Å². The van der Waals surface area contributed by atoms with Crippen molar-refractivity contribution in [1.29, 1.82) is 0 Å². The summed E-state index contributed by atoms with van der Waals surface area (Å²) in [5.74, 6) is -0.238. The summed E-state index contributed by atoms with van der Waals surface area (Å²) in [6.45, 7) is 2.38. The predicted molar refractivity (Wildman–Crippen MR) is 98.2 cm³/mol. The third-order valence-corrected chi connectivity index (χ3v) is 4.71. The van der Waals surface area contributed by atoms with Crippen molar-refractivity contribution in [2.24, 2.45) is 0 Å². The topological polar surface area (TPSA) is 118 Å². The summed E-state index contributed by atoms with van der Waals surface area (Å²) in [5.41, 5.74) is 1.36. The molecule has 1 amide bonds.